The minimum Gasteiger partial charge on any atom is -0.395 e. The maximum Gasteiger partial charge on any atom is 0.320 e. The Hall–Kier alpha value is -0.770. The number of aliphatic hydroxyl groups excluding tert-OH is 1. The van der Waals surface area contributed by atoms with Gasteiger partial charge in [0.15, 0.2) is 0 Å². The lowest BCUT2D eigenvalue weighted by Crippen LogP contribution is -2.48. The highest BCUT2D eigenvalue weighted by Gasteiger charge is 2.28. The fourth-order valence-electron chi connectivity index (χ4n) is 2.43. The summed E-state index contributed by atoms with van der Waals surface area (Å²) in [6.45, 7) is 6.00. The maximum atomic E-state index is 12.2. The van der Waals surface area contributed by atoms with Crippen molar-refractivity contribution in [2.24, 2.45) is 0 Å². The fourth-order valence-corrected chi connectivity index (χ4v) is 2.43. The second kappa shape index (κ2) is 6.74. The maximum absolute atomic E-state index is 12.2. The smallest absolute Gasteiger partial charge is 0.320 e. The van der Waals surface area contributed by atoms with Crippen LogP contribution in [0.25, 0.3) is 0 Å². The molecule has 0 saturated heterocycles. The molecule has 1 rings (SSSR count). The van der Waals surface area contributed by atoms with Crippen LogP contribution in [-0.2, 0) is 0 Å². The zero-order chi connectivity index (χ0) is 12.0. The summed E-state index contributed by atoms with van der Waals surface area (Å²) in [7, 11) is 0. The molecule has 94 valence electrons. The molecule has 1 saturated carbocycles. The van der Waals surface area contributed by atoms with Gasteiger partial charge in [0.05, 0.1) is 6.61 Å². The van der Waals surface area contributed by atoms with Crippen molar-refractivity contribution in [3.8, 4) is 0 Å². The van der Waals surface area contributed by atoms with Crippen molar-refractivity contribution in [3.63, 3.8) is 0 Å². The first kappa shape index (κ1) is 13.3. The standard InChI is InChI=1S/C12H24N2O2/c1-3-13(4-2)12(16)14(9-10-15)11-7-5-6-8-11/h11,15H,3-10H2,1-2H3. The van der Waals surface area contributed by atoms with Crippen LogP contribution in [0.15, 0.2) is 0 Å². The summed E-state index contributed by atoms with van der Waals surface area (Å²) >= 11 is 0. The zero-order valence-electron chi connectivity index (χ0n) is 10.5. The number of amides is 2. The predicted molar refractivity (Wildman–Crippen MR) is 64.4 cm³/mol. The molecule has 0 aromatic rings. The fraction of sp³-hybridized carbons (Fsp3) is 0.917. The SMILES string of the molecule is CCN(CC)C(=O)N(CCO)C1CCCC1. The summed E-state index contributed by atoms with van der Waals surface area (Å²) in [5, 5.41) is 9.06. The molecule has 0 radical (unpaired) electrons. The van der Waals surface area contributed by atoms with Gasteiger partial charge in [-0.1, -0.05) is 12.8 Å². The van der Waals surface area contributed by atoms with Crippen molar-refractivity contribution in [1.29, 1.82) is 0 Å². The lowest BCUT2D eigenvalue weighted by atomic mass is 10.2. The molecule has 0 heterocycles. The van der Waals surface area contributed by atoms with Gasteiger partial charge in [0.1, 0.15) is 0 Å². The lowest BCUT2D eigenvalue weighted by Gasteiger charge is -2.33. The second-order valence-corrected chi connectivity index (χ2v) is 4.31. The van der Waals surface area contributed by atoms with Crippen molar-refractivity contribution < 1.29 is 9.90 Å². The number of urea groups is 1. The van der Waals surface area contributed by atoms with Gasteiger partial charge in [-0.05, 0) is 26.7 Å². The summed E-state index contributed by atoms with van der Waals surface area (Å²) in [6, 6.07) is 0.436. The average Bonchev–Trinajstić information content (AvgIpc) is 2.80. The summed E-state index contributed by atoms with van der Waals surface area (Å²) in [5.74, 6) is 0. The first-order valence-electron chi connectivity index (χ1n) is 6.41. The second-order valence-electron chi connectivity index (χ2n) is 4.31. The van der Waals surface area contributed by atoms with Crippen LogP contribution in [0, 0.1) is 0 Å². The van der Waals surface area contributed by atoms with E-state index >= 15 is 0 Å². The number of rotatable bonds is 5. The number of aliphatic hydroxyl groups is 1. The molecule has 1 fully saturated rings. The van der Waals surface area contributed by atoms with E-state index in [1.165, 1.54) is 12.8 Å². The minimum absolute atomic E-state index is 0.0590. The van der Waals surface area contributed by atoms with Gasteiger partial charge in [-0.25, -0.2) is 4.79 Å². The Labute approximate surface area is 98.2 Å². The molecule has 2 amide bonds. The zero-order valence-corrected chi connectivity index (χ0v) is 10.5. The highest BCUT2D eigenvalue weighted by Crippen LogP contribution is 2.24. The quantitative estimate of drug-likeness (QED) is 0.778. The first-order valence-corrected chi connectivity index (χ1v) is 6.41. The molecule has 0 aliphatic heterocycles. The van der Waals surface area contributed by atoms with Gasteiger partial charge in [0.25, 0.3) is 0 Å². The summed E-state index contributed by atoms with van der Waals surface area (Å²) in [6.07, 6.45) is 4.59. The molecule has 1 aliphatic rings. The molecule has 0 atom stereocenters. The average molecular weight is 228 g/mol. The van der Waals surface area contributed by atoms with E-state index in [-0.39, 0.29) is 12.6 Å². The van der Waals surface area contributed by atoms with Crippen molar-refractivity contribution in [3.05, 3.63) is 0 Å². The van der Waals surface area contributed by atoms with Crippen LogP contribution in [0.5, 0.6) is 0 Å². The molecule has 4 heteroatoms. The Balaban J connectivity index is 2.63. The first-order chi connectivity index (χ1) is 7.74. The Morgan fingerprint density at radius 1 is 1.25 bits per heavy atom. The van der Waals surface area contributed by atoms with E-state index in [1.807, 2.05) is 23.6 Å². The number of carbonyl (C=O) groups is 1. The van der Waals surface area contributed by atoms with Crippen LogP contribution in [-0.4, -0.2) is 53.2 Å². The number of hydrogen-bond donors (Lipinski definition) is 1. The molecular weight excluding hydrogens is 204 g/mol. The van der Waals surface area contributed by atoms with E-state index in [0.717, 1.165) is 25.9 Å². The van der Waals surface area contributed by atoms with Crippen LogP contribution in [0.4, 0.5) is 4.79 Å². The molecule has 1 N–H and O–H groups in total. The summed E-state index contributed by atoms with van der Waals surface area (Å²) < 4.78 is 0. The monoisotopic (exact) mass is 228 g/mol. The summed E-state index contributed by atoms with van der Waals surface area (Å²) in [4.78, 5) is 15.9. The van der Waals surface area contributed by atoms with Crippen molar-refractivity contribution >= 4 is 6.03 Å². The molecule has 0 aromatic carbocycles. The third-order valence-corrected chi connectivity index (χ3v) is 3.39. The molecule has 0 aromatic heterocycles. The van der Waals surface area contributed by atoms with Crippen molar-refractivity contribution in [2.45, 2.75) is 45.6 Å². The molecule has 0 unspecified atom stereocenters. The van der Waals surface area contributed by atoms with Crippen LogP contribution in [0.3, 0.4) is 0 Å². The van der Waals surface area contributed by atoms with Gasteiger partial charge in [0, 0.05) is 25.7 Å². The third-order valence-electron chi connectivity index (χ3n) is 3.39. The minimum atomic E-state index is 0.0590. The number of carbonyl (C=O) groups excluding carboxylic acids is 1. The molecule has 4 nitrogen and oxygen atoms in total. The number of nitrogens with zero attached hydrogens (tertiary/aromatic N) is 2. The van der Waals surface area contributed by atoms with Crippen LogP contribution >= 0.6 is 0 Å². The Morgan fingerprint density at radius 3 is 2.25 bits per heavy atom. The molecule has 0 spiro atoms. The molecule has 0 bridgehead atoms. The van der Waals surface area contributed by atoms with Crippen molar-refractivity contribution in [2.75, 3.05) is 26.2 Å². The number of hydrogen-bond acceptors (Lipinski definition) is 2. The largest absolute Gasteiger partial charge is 0.395 e. The Kier molecular flexibility index (Phi) is 5.60. The Bertz CT molecular complexity index is 211. The van der Waals surface area contributed by atoms with E-state index in [4.69, 9.17) is 5.11 Å². The van der Waals surface area contributed by atoms with Gasteiger partial charge >= 0.3 is 6.03 Å². The molecular formula is C12H24N2O2. The predicted octanol–water partition coefficient (Wildman–Crippen LogP) is 1.69. The van der Waals surface area contributed by atoms with Crippen LogP contribution in [0.1, 0.15) is 39.5 Å². The summed E-state index contributed by atoms with van der Waals surface area (Å²) in [5.41, 5.74) is 0. The topological polar surface area (TPSA) is 43.8 Å². The third kappa shape index (κ3) is 3.11. The lowest BCUT2D eigenvalue weighted by molar-refractivity contribution is 0.122. The highest BCUT2D eigenvalue weighted by molar-refractivity contribution is 5.74. The molecule has 1 aliphatic carbocycles. The van der Waals surface area contributed by atoms with Gasteiger partial charge in [-0.15, -0.1) is 0 Å². The van der Waals surface area contributed by atoms with E-state index < -0.39 is 0 Å². The van der Waals surface area contributed by atoms with Gasteiger partial charge < -0.3 is 14.9 Å². The van der Waals surface area contributed by atoms with E-state index in [2.05, 4.69) is 0 Å². The normalized spacial score (nSPS) is 16.4. The van der Waals surface area contributed by atoms with Gasteiger partial charge in [-0.3, -0.25) is 0 Å². The van der Waals surface area contributed by atoms with E-state index in [9.17, 15) is 4.79 Å². The van der Waals surface area contributed by atoms with Crippen molar-refractivity contribution in [1.82, 2.24) is 9.80 Å². The Morgan fingerprint density at radius 2 is 1.81 bits per heavy atom. The van der Waals surface area contributed by atoms with E-state index in [0.29, 0.717) is 12.6 Å². The van der Waals surface area contributed by atoms with Gasteiger partial charge in [0.2, 0.25) is 0 Å². The molecule has 16 heavy (non-hydrogen) atoms. The van der Waals surface area contributed by atoms with Crippen LogP contribution in [0.2, 0.25) is 0 Å². The van der Waals surface area contributed by atoms with E-state index in [1.54, 1.807) is 0 Å². The van der Waals surface area contributed by atoms with Crippen LogP contribution < -0.4 is 0 Å². The van der Waals surface area contributed by atoms with Gasteiger partial charge in [-0.2, -0.15) is 0 Å². The highest BCUT2D eigenvalue weighted by atomic mass is 16.3.